The van der Waals surface area contributed by atoms with Gasteiger partial charge in [-0.05, 0) is 33.6 Å². The summed E-state index contributed by atoms with van der Waals surface area (Å²) in [5.74, 6) is -1.98. The average molecular weight is 406 g/mol. The Kier molecular flexibility index (Phi) is 6.00. The largest absolute Gasteiger partial charge is 0.389 e. The van der Waals surface area contributed by atoms with Gasteiger partial charge in [0.2, 0.25) is 17.7 Å². The predicted octanol–water partition coefficient (Wildman–Crippen LogP) is -0.833. The summed E-state index contributed by atoms with van der Waals surface area (Å²) in [6, 6.07) is -1.13. The van der Waals surface area contributed by atoms with Gasteiger partial charge in [-0.25, -0.2) is 0 Å². The summed E-state index contributed by atoms with van der Waals surface area (Å²) >= 11 is 0. The van der Waals surface area contributed by atoms with E-state index in [1.165, 1.54) is 12.2 Å². The molecule has 0 unspecified atom stereocenters. The Morgan fingerprint density at radius 3 is 2.48 bits per heavy atom. The minimum Gasteiger partial charge on any atom is -0.389 e. The van der Waals surface area contributed by atoms with Gasteiger partial charge in [-0.2, -0.15) is 0 Å². The number of carbonyl (C=O) groups excluding carboxylic acids is 3. The van der Waals surface area contributed by atoms with E-state index < -0.39 is 29.7 Å². The lowest BCUT2D eigenvalue weighted by Crippen LogP contribution is -2.65. The van der Waals surface area contributed by atoms with Crippen molar-refractivity contribution in [2.45, 2.75) is 76.4 Å². The lowest BCUT2D eigenvalue weighted by Gasteiger charge is -2.45. The summed E-state index contributed by atoms with van der Waals surface area (Å²) in [4.78, 5) is 37.9. The molecule has 0 aliphatic carbocycles. The van der Waals surface area contributed by atoms with Gasteiger partial charge in [-0.3, -0.25) is 14.4 Å². The number of fused-ring (bicyclic) bond motifs is 3. The van der Waals surface area contributed by atoms with Crippen molar-refractivity contribution in [1.82, 2.24) is 21.3 Å². The molecule has 3 aliphatic rings. The number of aliphatic hydroxyl groups is 2. The van der Waals surface area contributed by atoms with Gasteiger partial charge < -0.3 is 31.5 Å². The maximum Gasteiger partial charge on any atom is 0.249 e. The van der Waals surface area contributed by atoms with Gasteiger partial charge in [0, 0.05) is 42.3 Å². The van der Waals surface area contributed by atoms with Crippen LogP contribution in [0.25, 0.3) is 0 Å². The smallest absolute Gasteiger partial charge is 0.249 e. The van der Waals surface area contributed by atoms with Gasteiger partial charge in [0.25, 0.3) is 0 Å². The lowest BCUT2D eigenvalue weighted by molar-refractivity contribution is -0.133. The van der Waals surface area contributed by atoms with Gasteiger partial charge in [0.1, 0.15) is 0 Å². The SMILES string of the molecule is C[C@@H]1NC(=O)C=C[C@@H](O)CC[C@H](C)NC(=O)[C@H]2C[C@]1(O)NC1=C2C(=O)N[C@@H](C)C1. The van der Waals surface area contributed by atoms with Gasteiger partial charge in [0.15, 0.2) is 5.72 Å². The zero-order valence-electron chi connectivity index (χ0n) is 17.0. The Balaban J connectivity index is 1.99. The van der Waals surface area contributed by atoms with E-state index in [-0.39, 0.29) is 30.3 Å². The second kappa shape index (κ2) is 8.16. The molecule has 0 spiro atoms. The van der Waals surface area contributed by atoms with E-state index in [0.29, 0.717) is 30.5 Å². The summed E-state index contributed by atoms with van der Waals surface area (Å²) in [6.07, 6.45) is 3.11. The second-order valence-electron chi connectivity index (χ2n) is 8.42. The van der Waals surface area contributed by atoms with Crippen LogP contribution in [0.5, 0.6) is 0 Å². The van der Waals surface area contributed by atoms with E-state index in [4.69, 9.17) is 0 Å². The van der Waals surface area contributed by atoms with Crippen LogP contribution in [0.4, 0.5) is 0 Å². The zero-order chi connectivity index (χ0) is 21.3. The Labute approximate surface area is 170 Å². The van der Waals surface area contributed by atoms with Crippen molar-refractivity contribution in [3.63, 3.8) is 0 Å². The van der Waals surface area contributed by atoms with Crippen molar-refractivity contribution in [2.24, 2.45) is 5.92 Å². The molecule has 6 atom stereocenters. The minimum atomic E-state index is -1.60. The fourth-order valence-electron chi connectivity index (χ4n) is 4.14. The minimum absolute atomic E-state index is 0.0556. The van der Waals surface area contributed by atoms with E-state index in [9.17, 15) is 24.6 Å². The van der Waals surface area contributed by atoms with Crippen LogP contribution in [0.2, 0.25) is 0 Å². The first-order valence-electron chi connectivity index (χ1n) is 10.1. The van der Waals surface area contributed by atoms with Crippen molar-refractivity contribution in [2.75, 3.05) is 0 Å². The molecule has 6 N–H and O–H groups in total. The fourth-order valence-corrected chi connectivity index (χ4v) is 4.14. The molecule has 0 aromatic heterocycles. The standard InChI is InChI=1S/C20H30N4O5/c1-10-4-5-13(25)6-7-16(26)23-12(3)20(29)9-14(18(27)21-10)17-15(24-20)8-11(2)22-19(17)28/h6-7,10-14,24-25,29H,4-5,8-9H2,1-3H3,(H,21,27)(H,22,28)(H,23,26)/t10-,11-,12-,13-,14-,20+/m0/s1. The molecule has 29 heavy (non-hydrogen) atoms. The lowest BCUT2D eigenvalue weighted by atomic mass is 9.78. The van der Waals surface area contributed by atoms with Crippen LogP contribution in [0.3, 0.4) is 0 Å². The van der Waals surface area contributed by atoms with Crippen molar-refractivity contribution < 1.29 is 24.6 Å². The van der Waals surface area contributed by atoms with Crippen LogP contribution < -0.4 is 21.3 Å². The average Bonchev–Trinajstić information content (AvgIpc) is 2.62. The maximum absolute atomic E-state index is 13.1. The van der Waals surface area contributed by atoms with Crippen molar-refractivity contribution in [3.05, 3.63) is 23.4 Å². The van der Waals surface area contributed by atoms with Crippen LogP contribution in [-0.4, -0.2) is 57.9 Å². The highest BCUT2D eigenvalue weighted by Crippen LogP contribution is 2.36. The molecular formula is C20H30N4O5. The molecule has 3 heterocycles. The molecule has 0 saturated carbocycles. The van der Waals surface area contributed by atoms with Crippen molar-refractivity contribution in [3.8, 4) is 0 Å². The third-order valence-corrected chi connectivity index (χ3v) is 5.83. The Morgan fingerprint density at radius 1 is 1.03 bits per heavy atom. The zero-order valence-corrected chi connectivity index (χ0v) is 17.0. The van der Waals surface area contributed by atoms with Crippen LogP contribution in [0.15, 0.2) is 23.4 Å². The van der Waals surface area contributed by atoms with Gasteiger partial charge in [-0.1, -0.05) is 6.08 Å². The van der Waals surface area contributed by atoms with Gasteiger partial charge >= 0.3 is 0 Å². The number of nitrogens with one attached hydrogen (secondary N) is 4. The van der Waals surface area contributed by atoms with E-state index in [1.54, 1.807) is 6.92 Å². The van der Waals surface area contributed by atoms with Crippen LogP contribution in [0, 0.1) is 5.92 Å². The van der Waals surface area contributed by atoms with Crippen LogP contribution in [0.1, 0.15) is 46.5 Å². The Hall–Kier alpha value is -2.39. The van der Waals surface area contributed by atoms with E-state index in [0.717, 1.165) is 0 Å². The first kappa shape index (κ1) is 21.3. The van der Waals surface area contributed by atoms with E-state index in [1.807, 2.05) is 13.8 Å². The molecule has 3 aliphatic heterocycles. The molecule has 0 aromatic rings. The monoisotopic (exact) mass is 406 g/mol. The summed E-state index contributed by atoms with van der Waals surface area (Å²) in [5, 5.41) is 32.8. The molecule has 0 radical (unpaired) electrons. The number of hydrogen-bond acceptors (Lipinski definition) is 6. The third-order valence-electron chi connectivity index (χ3n) is 5.83. The molecule has 160 valence electrons. The first-order chi connectivity index (χ1) is 13.6. The summed E-state index contributed by atoms with van der Waals surface area (Å²) in [6.45, 7) is 5.30. The van der Waals surface area contributed by atoms with Crippen molar-refractivity contribution in [1.29, 1.82) is 0 Å². The van der Waals surface area contributed by atoms with Crippen LogP contribution >= 0.6 is 0 Å². The third kappa shape index (κ3) is 4.62. The quantitative estimate of drug-likeness (QED) is 0.310. The number of aliphatic hydroxyl groups excluding tert-OH is 1. The molecule has 0 saturated heterocycles. The molecule has 9 nitrogen and oxygen atoms in total. The predicted molar refractivity (Wildman–Crippen MR) is 105 cm³/mol. The Bertz CT molecular complexity index is 764. The molecular weight excluding hydrogens is 376 g/mol. The number of hydrogen-bond donors (Lipinski definition) is 6. The van der Waals surface area contributed by atoms with E-state index in [2.05, 4.69) is 21.3 Å². The number of rotatable bonds is 0. The number of carbonyl (C=O) groups is 3. The topological polar surface area (TPSA) is 140 Å². The fraction of sp³-hybridized carbons (Fsp3) is 0.650. The molecule has 0 aromatic carbocycles. The van der Waals surface area contributed by atoms with E-state index >= 15 is 0 Å². The molecule has 3 rings (SSSR count). The molecule has 0 fully saturated rings. The van der Waals surface area contributed by atoms with Gasteiger partial charge in [0.05, 0.1) is 18.1 Å². The van der Waals surface area contributed by atoms with Crippen LogP contribution in [-0.2, 0) is 14.4 Å². The summed E-state index contributed by atoms with van der Waals surface area (Å²) in [7, 11) is 0. The number of amides is 3. The highest BCUT2D eigenvalue weighted by molar-refractivity contribution is 6.02. The molecule has 9 heteroatoms. The highest BCUT2D eigenvalue weighted by Gasteiger charge is 2.48. The maximum atomic E-state index is 13.1. The summed E-state index contributed by atoms with van der Waals surface area (Å²) in [5.41, 5.74) is -0.738. The van der Waals surface area contributed by atoms with Gasteiger partial charge in [-0.15, -0.1) is 0 Å². The molecule has 3 amide bonds. The highest BCUT2D eigenvalue weighted by atomic mass is 16.3. The van der Waals surface area contributed by atoms with Crippen molar-refractivity contribution >= 4 is 17.7 Å². The normalized spacial score (nSPS) is 38.8. The first-order valence-corrected chi connectivity index (χ1v) is 10.1. The Morgan fingerprint density at radius 2 is 1.76 bits per heavy atom. The summed E-state index contributed by atoms with van der Waals surface area (Å²) < 4.78 is 0. The molecule has 2 bridgehead atoms. The second-order valence-corrected chi connectivity index (χ2v) is 8.42.